The van der Waals surface area contributed by atoms with Crippen molar-refractivity contribution in [1.82, 2.24) is 9.80 Å². The number of halogens is 1. The van der Waals surface area contributed by atoms with E-state index in [1.165, 1.54) is 17.0 Å². The van der Waals surface area contributed by atoms with Crippen LogP contribution in [0.25, 0.3) is 0 Å². The molecule has 1 aliphatic carbocycles. The minimum atomic E-state index is -0.576. The second-order valence-corrected chi connectivity index (χ2v) is 9.33. The fourth-order valence-corrected chi connectivity index (χ4v) is 4.71. The van der Waals surface area contributed by atoms with E-state index < -0.39 is 23.4 Å². The molecule has 0 bridgehead atoms. The van der Waals surface area contributed by atoms with Crippen molar-refractivity contribution in [3.05, 3.63) is 76.9 Å². The van der Waals surface area contributed by atoms with Gasteiger partial charge in [-0.15, -0.1) is 0 Å². The SMILES string of the molecule is Cc1cc(F)cc(NC(=O)/C(OC2CCCC2)=C(\C=N)N2CCN(C(=O)C(=O)c3ccccc3)CC2)c1. The van der Waals surface area contributed by atoms with Gasteiger partial charge in [0.2, 0.25) is 11.5 Å². The molecule has 0 unspecified atom stereocenters. The monoisotopic (exact) mass is 506 g/mol. The molecule has 2 amide bonds. The quantitative estimate of drug-likeness (QED) is 0.186. The zero-order valence-electron chi connectivity index (χ0n) is 20.8. The van der Waals surface area contributed by atoms with E-state index in [4.69, 9.17) is 10.1 Å². The van der Waals surface area contributed by atoms with E-state index in [1.54, 1.807) is 43.3 Å². The Morgan fingerprint density at radius 3 is 2.27 bits per heavy atom. The van der Waals surface area contributed by atoms with Gasteiger partial charge in [0, 0.05) is 43.6 Å². The van der Waals surface area contributed by atoms with Crippen LogP contribution in [0.15, 0.2) is 60.0 Å². The lowest BCUT2D eigenvalue weighted by Gasteiger charge is -2.36. The number of piperazine rings is 1. The van der Waals surface area contributed by atoms with Gasteiger partial charge in [-0.1, -0.05) is 30.3 Å². The van der Waals surface area contributed by atoms with Crippen LogP contribution in [-0.4, -0.2) is 65.9 Å². The van der Waals surface area contributed by atoms with Gasteiger partial charge in [-0.3, -0.25) is 14.4 Å². The molecule has 4 rings (SSSR count). The molecule has 1 heterocycles. The molecule has 1 saturated heterocycles. The number of benzene rings is 2. The van der Waals surface area contributed by atoms with Crippen LogP contribution in [-0.2, 0) is 14.3 Å². The number of rotatable bonds is 8. The average Bonchev–Trinajstić information content (AvgIpc) is 3.41. The minimum Gasteiger partial charge on any atom is -0.483 e. The Labute approximate surface area is 215 Å². The van der Waals surface area contributed by atoms with E-state index in [2.05, 4.69) is 5.32 Å². The number of nitrogens with zero attached hydrogens (tertiary/aromatic N) is 2. The van der Waals surface area contributed by atoms with Crippen molar-refractivity contribution >= 4 is 29.5 Å². The molecule has 194 valence electrons. The first-order valence-corrected chi connectivity index (χ1v) is 12.5. The van der Waals surface area contributed by atoms with Crippen molar-refractivity contribution < 1.29 is 23.5 Å². The third kappa shape index (κ3) is 6.41. The number of carbonyl (C=O) groups excluding carboxylic acids is 3. The highest BCUT2D eigenvalue weighted by Gasteiger charge is 2.31. The zero-order chi connectivity index (χ0) is 26.4. The van der Waals surface area contributed by atoms with Crippen molar-refractivity contribution in [1.29, 1.82) is 5.41 Å². The highest BCUT2D eigenvalue weighted by molar-refractivity contribution is 6.42. The van der Waals surface area contributed by atoms with Gasteiger partial charge in [-0.2, -0.15) is 0 Å². The smallest absolute Gasteiger partial charge is 0.295 e. The summed E-state index contributed by atoms with van der Waals surface area (Å²) in [6.07, 6.45) is 4.55. The largest absolute Gasteiger partial charge is 0.483 e. The molecule has 0 aromatic heterocycles. The molecule has 9 heteroatoms. The standard InChI is InChI=1S/C28H31FN4O4/c1-19-15-21(29)17-22(16-19)31-27(35)26(37-23-9-5-6-10-23)24(18-30)32-11-13-33(14-12-32)28(36)25(34)20-7-3-2-4-8-20/h2-4,7-8,15-18,23,30H,5-6,9-14H2,1H3,(H,31,35)/b26-24-,30-18?. The van der Waals surface area contributed by atoms with E-state index in [0.29, 0.717) is 35.6 Å². The summed E-state index contributed by atoms with van der Waals surface area (Å²) in [5.41, 5.74) is 1.59. The van der Waals surface area contributed by atoms with Gasteiger partial charge >= 0.3 is 0 Å². The van der Waals surface area contributed by atoms with Crippen LogP contribution < -0.4 is 5.32 Å². The predicted octanol–water partition coefficient (Wildman–Crippen LogP) is 3.92. The zero-order valence-corrected chi connectivity index (χ0v) is 20.8. The molecule has 8 nitrogen and oxygen atoms in total. The van der Waals surface area contributed by atoms with Crippen LogP contribution in [0.5, 0.6) is 0 Å². The summed E-state index contributed by atoms with van der Waals surface area (Å²) in [5.74, 6) is -2.16. The Balaban J connectivity index is 1.51. The lowest BCUT2D eigenvalue weighted by atomic mass is 10.1. The van der Waals surface area contributed by atoms with Crippen molar-refractivity contribution in [2.75, 3.05) is 31.5 Å². The molecule has 0 atom stereocenters. The molecule has 2 aromatic carbocycles. The van der Waals surface area contributed by atoms with E-state index in [1.807, 2.05) is 4.90 Å². The molecule has 2 aliphatic rings. The Morgan fingerprint density at radius 1 is 1.00 bits per heavy atom. The second-order valence-electron chi connectivity index (χ2n) is 9.33. The number of aryl methyl sites for hydroxylation is 1. The van der Waals surface area contributed by atoms with Crippen molar-refractivity contribution in [2.24, 2.45) is 0 Å². The number of anilines is 1. The third-order valence-electron chi connectivity index (χ3n) is 6.60. The maximum Gasteiger partial charge on any atom is 0.295 e. The van der Waals surface area contributed by atoms with Crippen LogP contribution in [0, 0.1) is 18.2 Å². The number of ether oxygens (including phenoxy) is 1. The van der Waals surface area contributed by atoms with Crippen molar-refractivity contribution in [3.8, 4) is 0 Å². The number of carbonyl (C=O) groups is 3. The number of Topliss-reactive ketones (excluding diaryl/α,β-unsaturated/α-hetero) is 1. The van der Waals surface area contributed by atoms with Crippen molar-refractivity contribution in [2.45, 2.75) is 38.7 Å². The topological polar surface area (TPSA) is 103 Å². The van der Waals surface area contributed by atoms with E-state index >= 15 is 0 Å². The Kier molecular flexibility index (Phi) is 8.32. The van der Waals surface area contributed by atoms with Gasteiger partial charge in [0.1, 0.15) is 11.5 Å². The molecular formula is C28H31FN4O4. The first-order valence-electron chi connectivity index (χ1n) is 12.5. The summed E-state index contributed by atoms with van der Waals surface area (Å²) < 4.78 is 20.0. The van der Waals surface area contributed by atoms with Crippen LogP contribution in [0.4, 0.5) is 10.1 Å². The van der Waals surface area contributed by atoms with Crippen LogP contribution >= 0.6 is 0 Å². The summed E-state index contributed by atoms with van der Waals surface area (Å²) in [7, 11) is 0. The number of hydrogen-bond donors (Lipinski definition) is 2. The van der Waals surface area contributed by atoms with Gasteiger partial charge in [-0.05, 0) is 56.4 Å². The predicted molar refractivity (Wildman–Crippen MR) is 138 cm³/mol. The number of hydrogen-bond acceptors (Lipinski definition) is 6. The second kappa shape index (κ2) is 11.8. The Bertz CT molecular complexity index is 1180. The molecule has 1 saturated carbocycles. The number of nitrogens with one attached hydrogen (secondary N) is 2. The molecule has 0 spiro atoms. The number of ketones is 1. The van der Waals surface area contributed by atoms with Crippen LogP contribution in [0.3, 0.4) is 0 Å². The molecule has 37 heavy (non-hydrogen) atoms. The molecule has 2 N–H and O–H groups in total. The number of allylic oxidation sites excluding steroid dienone is 1. The Hall–Kier alpha value is -4.01. The third-order valence-corrected chi connectivity index (χ3v) is 6.60. The van der Waals surface area contributed by atoms with Crippen molar-refractivity contribution in [3.63, 3.8) is 0 Å². The fourth-order valence-electron chi connectivity index (χ4n) is 4.71. The van der Waals surface area contributed by atoms with Gasteiger partial charge in [0.25, 0.3) is 11.8 Å². The van der Waals surface area contributed by atoms with E-state index in [-0.39, 0.29) is 25.0 Å². The summed E-state index contributed by atoms with van der Waals surface area (Å²) >= 11 is 0. The van der Waals surface area contributed by atoms with Gasteiger partial charge < -0.3 is 25.3 Å². The summed E-state index contributed by atoms with van der Waals surface area (Å²) in [4.78, 5) is 42.0. The van der Waals surface area contributed by atoms with Gasteiger partial charge in [0.15, 0.2) is 0 Å². The summed E-state index contributed by atoms with van der Waals surface area (Å²) in [5, 5.41) is 10.8. The van der Waals surface area contributed by atoms with E-state index in [0.717, 1.165) is 31.9 Å². The number of amides is 2. The lowest BCUT2D eigenvalue weighted by molar-refractivity contribution is -0.128. The fraction of sp³-hybridized carbons (Fsp3) is 0.357. The maximum absolute atomic E-state index is 13.9. The summed E-state index contributed by atoms with van der Waals surface area (Å²) in [6, 6.07) is 12.7. The molecule has 1 aliphatic heterocycles. The van der Waals surface area contributed by atoms with Gasteiger partial charge in [0.05, 0.1) is 6.10 Å². The molecule has 2 aromatic rings. The Morgan fingerprint density at radius 2 is 1.65 bits per heavy atom. The highest BCUT2D eigenvalue weighted by Crippen LogP contribution is 2.26. The molecule has 0 radical (unpaired) electrons. The van der Waals surface area contributed by atoms with Gasteiger partial charge in [-0.25, -0.2) is 4.39 Å². The minimum absolute atomic E-state index is 0.00366. The molecule has 2 fully saturated rings. The van der Waals surface area contributed by atoms with Crippen LogP contribution in [0.1, 0.15) is 41.6 Å². The average molecular weight is 507 g/mol. The van der Waals surface area contributed by atoms with E-state index in [9.17, 15) is 18.8 Å². The summed E-state index contributed by atoms with van der Waals surface area (Å²) in [6.45, 7) is 2.90. The van der Waals surface area contributed by atoms with Crippen LogP contribution in [0.2, 0.25) is 0 Å². The maximum atomic E-state index is 13.9. The lowest BCUT2D eigenvalue weighted by Crippen LogP contribution is -2.50. The highest BCUT2D eigenvalue weighted by atomic mass is 19.1. The first-order chi connectivity index (χ1) is 17.9. The molecular weight excluding hydrogens is 475 g/mol. The normalized spacial score (nSPS) is 16.7. The first kappa shape index (κ1) is 26.1.